The second kappa shape index (κ2) is 5.16. The summed E-state index contributed by atoms with van der Waals surface area (Å²) in [6.45, 7) is 9.65. The van der Waals surface area contributed by atoms with E-state index in [0.717, 1.165) is 0 Å². The molecular formula is C20H26O4. The lowest BCUT2D eigenvalue weighted by atomic mass is 9.48. The molecule has 3 aliphatic carbocycles. The first kappa shape index (κ1) is 17.2. The molecule has 4 nitrogen and oxygen atoms in total. The predicted molar refractivity (Wildman–Crippen MR) is 91.3 cm³/mol. The van der Waals surface area contributed by atoms with Gasteiger partial charge in [0.05, 0.1) is 6.10 Å². The lowest BCUT2D eigenvalue weighted by Crippen LogP contribution is -2.54. The molecule has 0 aromatic heterocycles. The second-order valence-electron chi connectivity index (χ2n) is 8.71. The van der Waals surface area contributed by atoms with Gasteiger partial charge in [-0.2, -0.15) is 0 Å². The number of aliphatic hydroxyl groups excluding tert-OH is 2. The Balaban J connectivity index is 2.25. The smallest absolute Gasteiger partial charge is 0.223 e. The summed E-state index contributed by atoms with van der Waals surface area (Å²) in [7, 11) is 0. The summed E-state index contributed by atoms with van der Waals surface area (Å²) >= 11 is 0. The van der Waals surface area contributed by atoms with E-state index >= 15 is 0 Å². The minimum absolute atomic E-state index is 0.0228. The molecule has 3 rings (SSSR count). The molecular weight excluding hydrogens is 304 g/mol. The molecule has 24 heavy (non-hydrogen) atoms. The minimum Gasteiger partial charge on any atom is -0.504 e. The van der Waals surface area contributed by atoms with Gasteiger partial charge in [0.15, 0.2) is 11.5 Å². The molecule has 3 unspecified atom stereocenters. The summed E-state index contributed by atoms with van der Waals surface area (Å²) < 4.78 is 0. The van der Waals surface area contributed by atoms with Crippen LogP contribution in [0, 0.1) is 22.7 Å². The summed E-state index contributed by atoms with van der Waals surface area (Å²) in [5.74, 6) is -0.969. The molecule has 0 spiro atoms. The van der Waals surface area contributed by atoms with Crippen molar-refractivity contribution in [2.24, 2.45) is 22.7 Å². The van der Waals surface area contributed by atoms with Gasteiger partial charge in [-0.15, -0.1) is 0 Å². The van der Waals surface area contributed by atoms with Crippen molar-refractivity contribution in [1.82, 2.24) is 0 Å². The number of aliphatic hydroxyl groups is 2. The quantitative estimate of drug-likeness (QED) is 0.774. The number of rotatable bonds is 1. The predicted octanol–water partition coefficient (Wildman–Crippen LogP) is 3.28. The van der Waals surface area contributed by atoms with E-state index in [-0.39, 0.29) is 29.2 Å². The van der Waals surface area contributed by atoms with Crippen LogP contribution in [0.15, 0.2) is 34.6 Å². The van der Waals surface area contributed by atoms with E-state index in [1.54, 1.807) is 12.2 Å². The van der Waals surface area contributed by atoms with Crippen LogP contribution >= 0.6 is 0 Å². The number of Topliss-reactive ketones (excluding diaryl/α,β-unsaturated/α-hetero) is 1. The molecule has 1 fully saturated rings. The molecule has 0 radical (unpaired) electrons. The van der Waals surface area contributed by atoms with Crippen LogP contribution in [-0.4, -0.2) is 27.9 Å². The highest BCUT2D eigenvalue weighted by Gasteiger charge is 2.58. The maximum Gasteiger partial charge on any atom is 0.223 e. The van der Waals surface area contributed by atoms with Gasteiger partial charge in [-0.1, -0.05) is 34.6 Å². The van der Waals surface area contributed by atoms with Crippen molar-refractivity contribution in [3.05, 3.63) is 34.6 Å². The molecule has 130 valence electrons. The fraction of sp³-hybridized carbons (Fsp3) is 0.600. The van der Waals surface area contributed by atoms with Crippen molar-refractivity contribution in [3.8, 4) is 0 Å². The third-order valence-corrected chi connectivity index (χ3v) is 5.93. The van der Waals surface area contributed by atoms with Crippen LogP contribution in [0.2, 0.25) is 0 Å². The van der Waals surface area contributed by atoms with Gasteiger partial charge in [-0.3, -0.25) is 9.59 Å². The average Bonchev–Trinajstić information content (AvgIpc) is 2.38. The Kier molecular flexibility index (Phi) is 3.69. The molecule has 0 amide bonds. The van der Waals surface area contributed by atoms with Crippen LogP contribution in [0.4, 0.5) is 0 Å². The molecule has 3 aliphatic rings. The van der Waals surface area contributed by atoms with E-state index in [1.165, 1.54) is 0 Å². The van der Waals surface area contributed by atoms with E-state index in [1.807, 2.05) is 34.6 Å². The van der Waals surface area contributed by atoms with Gasteiger partial charge in [-0.05, 0) is 41.9 Å². The number of fused-ring (bicyclic) bond motifs is 3. The number of hydrogen-bond donors (Lipinski definition) is 2. The minimum atomic E-state index is -0.735. The Morgan fingerprint density at radius 2 is 1.75 bits per heavy atom. The normalized spacial score (nSPS) is 35.5. The molecule has 0 aromatic rings. The highest BCUT2D eigenvalue weighted by Crippen LogP contribution is 2.59. The van der Waals surface area contributed by atoms with Crippen LogP contribution in [0.5, 0.6) is 0 Å². The molecule has 0 aliphatic heterocycles. The molecule has 1 saturated carbocycles. The zero-order chi connectivity index (χ0) is 18.0. The highest BCUT2D eigenvalue weighted by molar-refractivity contribution is 6.11. The van der Waals surface area contributed by atoms with Gasteiger partial charge >= 0.3 is 0 Å². The van der Waals surface area contributed by atoms with Gasteiger partial charge < -0.3 is 10.2 Å². The molecule has 0 aromatic carbocycles. The summed E-state index contributed by atoms with van der Waals surface area (Å²) in [6, 6.07) is 0. The van der Waals surface area contributed by atoms with Gasteiger partial charge in [-0.25, -0.2) is 0 Å². The van der Waals surface area contributed by atoms with Crippen LogP contribution in [0.1, 0.15) is 47.5 Å². The van der Waals surface area contributed by atoms with Crippen LogP contribution in [0.3, 0.4) is 0 Å². The van der Waals surface area contributed by atoms with Gasteiger partial charge in [0, 0.05) is 22.5 Å². The molecule has 2 N–H and O–H groups in total. The van der Waals surface area contributed by atoms with Gasteiger partial charge in [0.1, 0.15) is 0 Å². The summed E-state index contributed by atoms with van der Waals surface area (Å²) in [6.07, 6.45) is 3.68. The van der Waals surface area contributed by atoms with Crippen molar-refractivity contribution in [2.45, 2.75) is 53.6 Å². The maximum atomic E-state index is 12.9. The first-order chi connectivity index (χ1) is 11.0. The second-order valence-corrected chi connectivity index (χ2v) is 8.71. The third kappa shape index (κ3) is 2.23. The first-order valence-electron chi connectivity index (χ1n) is 8.63. The summed E-state index contributed by atoms with van der Waals surface area (Å²) in [5, 5.41) is 21.1. The molecule has 0 heterocycles. The monoisotopic (exact) mass is 330 g/mol. The average molecular weight is 330 g/mol. The lowest BCUT2D eigenvalue weighted by Gasteiger charge is -2.54. The van der Waals surface area contributed by atoms with Crippen molar-refractivity contribution < 1.29 is 19.8 Å². The van der Waals surface area contributed by atoms with Crippen LogP contribution < -0.4 is 0 Å². The number of ketones is 2. The number of carbonyl (C=O) groups is 2. The molecule has 0 bridgehead atoms. The van der Waals surface area contributed by atoms with E-state index in [9.17, 15) is 19.8 Å². The fourth-order valence-electron chi connectivity index (χ4n) is 5.28. The van der Waals surface area contributed by atoms with Crippen molar-refractivity contribution in [1.29, 1.82) is 0 Å². The first-order valence-corrected chi connectivity index (χ1v) is 8.63. The van der Waals surface area contributed by atoms with Crippen molar-refractivity contribution >= 4 is 11.6 Å². The Morgan fingerprint density at radius 3 is 2.33 bits per heavy atom. The lowest BCUT2D eigenvalue weighted by molar-refractivity contribution is -0.135. The number of hydrogen-bond acceptors (Lipinski definition) is 4. The van der Waals surface area contributed by atoms with E-state index in [4.69, 9.17) is 0 Å². The summed E-state index contributed by atoms with van der Waals surface area (Å²) in [5.41, 5.74) is 0.552. The standard InChI is InChI=1S/C20H26O4/c1-10(2)13-6-11-7-14(22)18-19(3,4)8-12(21)9-20(18,5)15(11)17(24)16(13)23/h6-7,10,12,18,21,24H,8-9H2,1-5H3. The Bertz CT molecular complexity index is 720. The van der Waals surface area contributed by atoms with E-state index in [2.05, 4.69) is 0 Å². The van der Waals surface area contributed by atoms with Gasteiger partial charge in [0.2, 0.25) is 5.78 Å². The zero-order valence-corrected chi connectivity index (χ0v) is 15.0. The Morgan fingerprint density at radius 1 is 1.12 bits per heavy atom. The Hall–Kier alpha value is -1.68. The zero-order valence-electron chi connectivity index (χ0n) is 15.0. The van der Waals surface area contributed by atoms with E-state index in [0.29, 0.717) is 29.6 Å². The topological polar surface area (TPSA) is 74.6 Å². The number of allylic oxidation sites excluding steroid dienone is 5. The SMILES string of the molecule is CC(C)C1=CC2=CC(=O)C3C(C)(C)CC(O)CC3(C)C2=C(O)C1=O. The molecule has 4 heteroatoms. The van der Waals surface area contributed by atoms with Crippen LogP contribution in [-0.2, 0) is 9.59 Å². The van der Waals surface area contributed by atoms with Crippen molar-refractivity contribution in [2.75, 3.05) is 0 Å². The summed E-state index contributed by atoms with van der Waals surface area (Å²) in [4.78, 5) is 25.5. The molecule has 3 atom stereocenters. The maximum absolute atomic E-state index is 12.9. The van der Waals surface area contributed by atoms with E-state index < -0.39 is 16.9 Å². The Labute approximate surface area is 142 Å². The highest BCUT2D eigenvalue weighted by atomic mass is 16.3. The number of carbonyl (C=O) groups excluding carboxylic acids is 2. The fourth-order valence-corrected chi connectivity index (χ4v) is 5.28. The van der Waals surface area contributed by atoms with Crippen molar-refractivity contribution in [3.63, 3.8) is 0 Å². The largest absolute Gasteiger partial charge is 0.504 e. The van der Waals surface area contributed by atoms with Gasteiger partial charge in [0.25, 0.3) is 0 Å². The van der Waals surface area contributed by atoms with Crippen LogP contribution in [0.25, 0.3) is 0 Å². The molecule has 0 saturated heterocycles. The third-order valence-electron chi connectivity index (χ3n) is 5.93.